The largest absolute Gasteiger partial charge is 0.488 e. The molecule has 0 unspecified atom stereocenters. The molecule has 0 heterocycles. The lowest BCUT2D eigenvalue weighted by molar-refractivity contribution is 0.105. The SMILES string of the molecule is C#CC(=O)c1ccccc1OCc1ccccc1. The molecule has 0 saturated heterocycles. The van der Waals surface area contributed by atoms with Gasteiger partial charge in [0.05, 0.1) is 5.56 Å². The summed E-state index contributed by atoms with van der Waals surface area (Å²) in [6.45, 7) is 0.412. The van der Waals surface area contributed by atoms with E-state index >= 15 is 0 Å². The van der Waals surface area contributed by atoms with E-state index in [1.807, 2.05) is 36.4 Å². The molecule has 18 heavy (non-hydrogen) atoms. The first kappa shape index (κ1) is 11.9. The molecular weight excluding hydrogens is 224 g/mol. The molecule has 0 aromatic heterocycles. The topological polar surface area (TPSA) is 26.3 Å². The van der Waals surface area contributed by atoms with E-state index in [2.05, 4.69) is 5.92 Å². The molecule has 0 aliphatic heterocycles. The molecule has 0 amide bonds. The molecule has 0 aliphatic carbocycles. The van der Waals surface area contributed by atoms with Gasteiger partial charge in [0.2, 0.25) is 5.78 Å². The predicted octanol–water partition coefficient (Wildman–Crippen LogP) is 3.08. The van der Waals surface area contributed by atoms with E-state index in [1.165, 1.54) is 0 Å². The van der Waals surface area contributed by atoms with Gasteiger partial charge in [-0.3, -0.25) is 4.79 Å². The van der Waals surface area contributed by atoms with Gasteiger partial charge in [-0.15, -0.1) is 6.42 Å². The third kappa shape index (κ3) is 2.78. The Morgan fingerprint density at radius 3 is 2.44 bits per heavy atom. The number of carbonyl (C=O) groups excluding carboxylic acids is 1. The van der Waals surface area contributed by atoms with Crippen LogP contribution >= 0.6 is 0 Å². The smallest absolute Gasteiger partial charge is 0.239 e. The zero-order chi connectivity index (χ0) is 12.8. The van der Waals surface area contributed by atoms with E-state index in [0.29, 0.717) is 17.9 Å². The second-order valence-electron chi connectivity index (χ2n) is 3.74. The van der Waals surface area contributed by atoms with Crippen molar-refractivity contribution in [1.82, 2.24) is 0 Å². The van der Waals surface area contributed by atoms with Crippen LogP contribution in [0.25, 0.3) is 0 Å². The van der Waals surface area contributed by atoms with Crippen LogP contribution in [-0.2, 0) is 6.61 Å². The average Bonchev–Trinajstić information content (AvgIpc) is 2.45. The van der Waals surface area contributed by atoms with Crippen LogP contribution in [-0.4, -0.2) is 5.78 Å². The van der Waals surface area contributed by atoms with Crippen LogP contribution in [0.3, 0.4) is 0 Å². The van der Waals surface area contributed by atoms with Gasteiger partial charge in [0.25, 0.3) is 0 Å². The lowest BCUT2D eigenvalue weighted by Gasteiger charge is -2.09. The minimum atomic E-state index is -0.362. The Morgan fingerprint density at radius 1 is 1.06 bits per heavy atom. The summed E-state index contributed by atoms with van der Waals surface area (Å²) in [4.78, 5) is 11.5. The number of benzene rings is 2. The molecule has 0 spiro atoms. The summed E-state index contributed by atoms with van der Waals surface area (Å²) in [6, 6.07) is 16.7. The molecule has 0 saturated carbocycles. The molecule has 2 rings (SSSR count). The van der Waals surface area contributed by atoms with Gasteiger partial charge in [-0.25, -0.2) is 0 Å². The van der Waals surface area contributed by atoms with Crippen LogP contribution in [0.5, 0.6) is 5.75 Å². The summed E-state index contributed by atoms with van der Waals surface area (Å²) in [6.07, 6.45) is 5.13. The van der Waals surface area contributed by atoms with Gasteiger partial charge in [-0.1, -0.05) is 42.5 Å². The molecule has 2 nitrogen and oxygen atoms in total. The first-order valence-corrected chi connectivity index (χ1v) is 5.58. The fourth-order valence-corrected chi connectivity index (χ4v) is 1.59. The van der Waals surface area contributed by atoms with Gasteiger partial charge in [0.1, 0.15) is 12.4 Å². The molecule has 0 bridgehead atoms. The highest BCUT2D eigenvalue weighted by atomic mass is 16.5. The summed E-state index contributed by atoms with van der Waals surface area (Å²) >= 11 is 0. The molecule has 0 fully saturated rings. The molecule has 2 heteroatoms. The fourth-order valence-electron chi connectivity index (χ4n) is 1.59. The lowest BCUT2D eigenvalue weighted by atomic mass is 10.1. The molecule has 2 aromatic carbocycles. The van der Waals surface area contributed by atoms with Crippen molar-refractivity contribution in [3.8, 4) is 18.1 Å². The van der Waals surface area contributed by atoms with E-state index in [-0.39, 0.29) is 5.78 Å². The van der Waals surface area contributed by atoms with Gasteiger partial charge in [0.15, 0.2) is 0 Å². The van der Waals surface area contributed by atoms with Crippen molar-refractivity contribution in [2.45, 2.75) is 6.61 Å². The molecule has 0 aliphatic rings. The Kier molecular flexibility index (Phi) is 3.78. The maximum Gasteiger partial charge on any atom is 0.239 e. The van der Waals surface area contributed by atoms with E-state index in [9.17, 15) is 4.79 Å². The van der Waals surface area contributed by atoms with Crippen molar-refractivity contribution >= 4 is 5.78 Å². The quantitative estimate of drug-likeness (QED) is 0.463. The Morgan fingerprint density at radius 2 is 1.72 bits per heavy atom. The van der Waals surface area contributed by atoms with Crippen LogP contribution in [0.15, 0.2) is 54.6 Å². The highest BCUT2D eigenvalue weighted by Crippen LogP contribution is 2.19. The summed E-state index contributed by atoms with van der Waals surface area (Å²) < 4.78 is 5.63. The van der Waals surface area contributed by atoms with E-state index in [1.54, 1.807) is 18.2 Å². The normalized spacial score (nSPS) is 9.50. The van der Waals surface area contributed by atoms with Gasteiger partial charge >= 0.3 is 0 Å². The minimum absolute atomic E-state index is 0.362. The van der Waals surface area contributed by atoms with Gasteiger partial charge in [-0.2, -0.15) is 0 Å². The van der Waals surface area contributed by atoms with Gasteiger partial charge < -0.3 is 4.74 Å². The van der Waals surface area contributed by atoms with Gasteiger partial charge in [0, 0.05) is 0 Å². The highest BCUT2D eigenvalue weighted by molar-refractivity contribution is 6.10. The Balaban J connectivity index is 2.15. The van der Waals surface area contributed by atoms with Crippen molar-refractivity contribution < 1.29 is 9.53 Å². The first-order chi connectivity index (χ1) is 8.81. The lowest BCUT2D eigenvalue weighted by Crippen LogP contribution is -2.02. The predicted molar refractivity (Wildman–Crippen MR) is 70.4 cm³/mol. The van der Waals surface area contributed by atoms with Crippen LogP contribution in [0.1, 0.15) is 15.9 Å². The third-order valence-electron chi connectivity index (χ3n) is 2.50. The van der Waals surface area contributed by atoms with Crippen molar-refractivity contribution in [3.05, 3.63) is 65.7 Å². The van der Waals surface area contributed by atoms with Crippen LogP contribution in [0.2, 0.25) is 0 Å². The maximum absolute atomic E-state index is 11.5. The summed E-state index contributed by atoms with van der Waals surface area (Å²) in [5.74, 6) is 2.26. The Labute approximate surface area is 106 Å². The number of para-hydroxylation sites is 1. The molecule has 0 N–H and O–H groups in total. The van der Waals surface area contributed by atoms with E-state index < -0.39 is 0 Å². The van der Waals surface area contributed by atoms with Crippen molar-refractivity contribution in [3.63, 3.8) is 0 Å². The van der Waals surface area contributed by atoms with Crippen LogP contribution in [0, 0.1) is 12.3 Å². The molecule has 2 aromatic rings. The molecule has 0 radical (unpaired) electrons. The van der Waals surface area contributed by atoms with E-state index in [0.717, 1.165) is 5.56 Å². The van der Waals surface area contributed by atoms with Gasteiger partial charge in [-0.05, 0) is 23.6 Å². The average molecular weight is 236 g/mol. The molecular formula is C16H12O2. The summed E-state index contributed by atoms with van der Waals surface area (Å²) in [5, 5.41) is 0. The highest BCUT2D eigenvalue weighted by Gasteiger charge is 2.09. The fraction of sp³-hybridized carbons (Fsp3) is 0.0625. The number of ketones is 1. The monoisotopic (exact) mass is 236 g/mol. The van der Waals surface area contributed by atoms with E-state index in [4.69, 9.17) is 11.2 Å². The molecule has 88 valence electrons. The van der Waals surface area contributed by atoms with Crippen LogP contribution < -0.4 is 4.74 Å². The standard InChI is InChI=1S/C16H12O2/c1-2-15(17)14-10-6-7-11-16(14)18-12-13-8-4-3-5-9-13/h1,3-11H,12H2. The summed E-state index contributed by atoms with van der Waals surface area (Å²) in [5.41, 5.74) is 1.47. The Bertz CT molecular complexity index is 580. The third-order valence-corrected chi connectivity index (χ3v) is 2.50. The van der Waals surface area contributed by atoms with Crippen LogP contribution in [0.4, 0.5) is 0 Å². The number of hydrogen-bond acceptors (Lipinski definition) is 2. The summed E-state index contributed by atoms with van der Waals surface area (Å²) in [7, 11) is 0. The number of hydrogen-bond donors (Lipinski definition) is 0. The number of Topliss-reactive ketones (excluding diaryl/α,β-unsaturated/α-hetero) is 1. The van der Waals surface area contributed by atoms with Crippen molar-refractivity contribution in [1.29, 1.82) is 0 Å². The first-order valence-electron chi connectivity index (χ1n) is 5.58. The number of rotatable bonds is 4. The number of carbonyl (C=O) groups is 1. The van der Waals surface area contributed by atoms with Crippen molar-refractivity contribution in [2.75, 3.05) is 0 Å². The Hall–Kier alpha value is -2.53. The number of ether oxygens (including phenoxy) is 1. The maximum atomic E-state index is 11.5. The zero-order valence-corrected chi connectivity index (χ0v) is 9.80. The minimum Gasteiger partial charge on any atom is -0.488 e. The van der Waals surface area contributed by atoms with Crippen molar-refractivity contribution in [2.24, 2.45) is 0 Å². The zero-order valence-electron chi connectivity index (χ0n) is 9.80. The number of terminal acetylenes is 1. The molecule has 0 atom stereocenters. The second kappa shape index (κ2) is 5.70. The second-order valence-corrected chi connectivity index (χ2v) is 3.74.